The SMILES string of the molecule is CSC(N)=Nc1cccc(CN(C(=O)O)C(=O)O)c1. The summed E-state index contributed by atoms with van der Waals surface area (Å²) in [5.74, 6) is 0. The van der Waals surface area contributed by atoms with Gasteiger partial charge in [0.15, 0.2) is 5.17 Å². The van der Waals surface area contributed by atoms with Crippen molar-refractivity contribution in [3.05, 3.63) is 29.8 Å². The molecule has 1 aromatic carbocycles. The second-order valence-corrected chi connectivity index (χ2v) is 4.30. The van der Waals surface area contributed by atoms with Crippen LogP contribution in [0.2, 0.25) is 0 Å². The summed E-state index contributed by atoms with van der Waals surface area (Å²) in [5.41, 5.74) is 6.62. The molecule has 2 amide bonds. The summed E-state index contributed by atoms with van der Waals surface area (Å²) >= 11 is 1.28. The first kappa shape index (κ1) is 14.8. The van der Waals surface area contributed by atoms with Crippen LogP contribution in [0, 0.1) is 0 Å². The number of nitrogens with two attached hydrogens (primary N) is 1. The number of thioether (sulfide) groups is 1. The zero-order chi connectivity index (χ0) is 14.4. The van der Waals surface area contributed by atoms with Crippen molar-refractivity contribution in [3.8, 4) is 0 Å². The molecule has 0 fully saturated rings. The third kappa shape index (κ3) is 4.51. The maximum atomic E-state index is 10.7. The molecular formula is C11H13N3O4S. The lowest BCUT2D eigenvalue weighted by atomic mass is 10.2. The fourth-order valence-corrected chi connectivity index (χ4v) is 1.49. The van der Waals surface area contributed by atoms with Crippen LogP contribution in [-0.4, -0.2) is 38.7 Å². The average Bonchev–Trinajstić information content (AvgIpc) is 2.35. The van der Waals surface area contributed by atoms with E-state index in [1.165, 1.54) is 11.8 Å². The Kier molecular flexibility index (Phi) is 5.19. The number of amides is 2. The van der Waals surface area contributed by atoms with Gasteiger partial charge in [0.25, 0.3) is 0 Å². The molecule has 0 radical (unpaired) electrons. The summed E-state index contributed by atoms with van der Waals surface area (Å²) in [7, 11) is 0. The third-order valence-electron chi connectivity index (χ3n) is 2.16. The molecular weight excluding hydrogens is 270 g/mol. The number of hydrogen-bond donors (Lipinski definition) is 3. The summed E-state index contributed by atoms with van der Waals surface area (Å²) in [6.07, 6.45) is -1.27. The van der Waals surface area contributed by atoms with Gasteiger partial charge < -0.3 is 15.9 Å². The molecule has 0 aromatic heterocycles. The predicted octanol–water partition coefficient (Wildman–Crippen LogP) is 2.15. The van der Waals surface area contributed by atoms with Crippen molar-refractivity contribution >= 4 is 34.8 Å². The van der Waals surface area contributed by atoms with Crippen LogP contribution in [0.3, 0.4) is 0 Å². The molecule has 0 spiro atoms. The summed E-state index contributed by atoms with van der Waals surface area (Å²) in [5, 5.41) is 17.9. The van der Waals surface area contributed by atoms with Crippen LogP contribution in [0.1, 0.15) is 5.56 Å². The Morgan fingerprint density at radius 1 is 1.37 bits per heavy atom. The first-order valence-corrected chi connectivity index (χ1v) is 6.37. The summed E-state index contributed by atoms with van der Waals surface area (Å²) < 4.78 is 0. The number of hydrogen-bond acceptors (Lipinski definition) is 4. The molecule has 0 saturated carbocycles. The standard InChI is InChI=1S/C11H13N3O4S/c1-19-9(12)13-8-4-2-3-7(5-8)6-14(10(15)16)11(17)18/h2-5H,6H2,1H3,(H2,12,13)(H,15,16)(H,17,18). The number of aliphatic imine (C=N–C) groups is 1. The van der Waals surface area contributed by atoms with E-state index in [0.717, 1.165) is 0 Å². The highest BCUT2D eigenvalue weighted by molar-refractivity contribution is 8.13. The molecule has 0 bridgehead atoms. The highest BCUT2D eigenvalue weighted by Crippen LogP contribution is 2.17. The van der Waals surface area contributed by atoms with E-state index >= 15 is 0 Å². The minimum absolute atomic E-state index is 0.257. The molecule has 8 heteroatoms. The van der Waals surface area contributed by atoms with Crippen LogP contribution in [0.25, 0.3) is 0 Å². The van der Waals surface area contributed by atoms with Gasteiger partial charge in [-0.05, 0) is 24.0 Å². The maximum Gasteiger partial charge on any atom is 0.417 e. The van der Waals surface area contributed by atoms with Crippen molar-refractivity contribution in [2.24, 2.45) is 10.7 Å². The summed E-state index contributed by atoms with van der Waals surface area (Å²) in [4.78, 5) is 25.9. The van der Waals surface area contributed by atoms with Crippen molar-refractivity contribution < 1.29 is 19.8 Å². The van der Waals surface area contributed by atoms with Gasteiger partial charge in [-0.3, -0.25) is 0 Å². The molecule has 1 rings (SSSR count). The third-order valence-corrected chi connectivity index (χ3v) is 2.67. The highest BCUT2D eigenvalue weighted by atomic mass is 32.2. The first-order valence-electron chi connectivity index (χ1n) is 5.14. The van der Waals surface area contributed by atoms with E-state index in [1.807, 2.05) is 0 Å². The van der Waals surface area contributed by atoms with Gasteiger partial charge >= 0.3 is 12.2 Å². The monoisotopic (exact) mass is 283 g/mol. The summed E-state index contributed by atoms with van der Waals surface area (Å²) in [6.45, 7) is -0.257. The van der Waals surface area contributed by atoms with E-state index in [2.05, 4.69) is 4.99 Å². The van der Waals surface area contributed by atoms with Gasteiger partial charge in [0, 0.05) is 0 Å². The van der Waals surface area contributed by atoms with E-state index in [9.17, 15) is 9.59 Å². The van der Waals surface area contributed by atoms with E-state index < -0.39 is 12.2 Å². The van der Waals surface area contributed by atoms with Crippen LogP contribution in [0.5, 0.6) is 0 Å². The molecule has 19 heavy (non-hydrogen) atoms. The Morgan fingerprint density at radius 2 is 2.00 bits per heavy atom. The fourth-order valence-electron chi connectivity index (χ4n) is 1.30. The number of amidine groups is 1. The largest absolute Gasteiger partial charge is 0.465 e. The van der Waals surface area contributed by atoms with E-state index in [-0.39, 0.29) is 6.54 Å². The van der Waals surface area contributed by atoms with E-state index in [4.69, 9.17) is 15.9 Å². The van der Waals surface area contributed by atoms with Crippen LogP contribution in [0.15, 0.2) is 29.3 Å². The van der Waals surface area contributed by atoms with Crippen molar-refractivity contribution in [2.75, 3.05) is 6.26 Å². The molecule has 0 atom stereocenters. The number of carbonyl (C=O) groups is 2. The number of nitrogens with zero attached hydrogens (tertiary/aromatic N) is 2. The number of imide groups is 1. The molecule has 0 aliphatic rings. The van der Waals surface area contributed by atoms with Crippen LogP contribution < -0.4 is 5.73 Å². The van der Waals surface area contributed by atoms with Gasteiger partial charge in [0.2, 0.25) is 0 Å². The van der Waals surface area contributed by atoms with Gasteiger partial charge in [0.05, 0.1) is 12.2 Å². The average molecular weight is 283 g/mol. The van der Waals surface area contributed by atoms with Gasteiger partial charge in [0.1, 0.15) is 0 Å². The Morgan fingerprint density at radius 3 is 2.53 bits per heavy atom. The van der Waals surface area contributed by atoms with Gasteiger partial charge in [-0.25, -0.2) is 19.5 Å². The zero-order valence-electron chi connectivity index (χ0n) is 10.1. The Bertz CT molecular complexity index is 504. The topological polar surface area (TPSA) is 116 Å². The van der Waals surface area contributed by atoms with Crippen molar-refractivity contribution in [2.45, 2.75) is 6.54 Å². The molecule has 4 N–H and O–H groups in total. The van der Waals surface area contributed by atoms with Crippen molar-refractivity contribution in [1.82, 2.24) is 4.90 Å². The molecule has 7 nitrogen and oxygen atoms in total. The minimum atomic E-state index is -1.52. The van der Waals surface area contributed by atoms with E-state index in [0.29, 0.717) is 21.3 Å². The number of carboxylic acid groups (broad SMARTS) is 2. The maximum absolute atomic E-state index is 10.7. The summed E-state index contributed by atoms with van der Waals surface area (Å²) in [6, 6.07) is 6.55. The molecule has 1 aromatic rings. The van der Waals surface area contributed by atoms with Gasteiger partial charge in [-0.15, -0.1) is 0 Å². The van der Waals surface area contributed by atoms with Gasteiger partial charge in [-0.2, -0.15) is 0 Å². The molecule has 0 aliphatic carbocycles. The van der Waals surface area contributed by atoms with Crippen LogP contribution in [0.4, 0.5) is 15.3 Å². The second-order valence-electron chi connectivity index (χ2n) is 3.48. The molecule has 0 unspecified atom stereocenters. The van der Waals surface area contributed by atoms with Crippen molar-refractivity contribution in [1.29, 1.82) is 0 Å². The van der Waals surface area contributed by atoms with Crippen LogP contribution >= 0.6 is 11.8 Å². The highest BCUT2D eigenvalue weighted by Gasteiger charge is 2.19. The lowest BCUT2D eigenvalue weighted by Gasteiger charge is -2.13. The van der Waals surface area contributed by atoms with E-state index in [1.54, 1.807) is 30.5 Å². The second kappa shape index (κ2) is 6.64. The lowest BCUT2D eigenvalue weighted by molar-refractivity contribution is 0.120. The minimum Gasteiger partial charge on any atom is -0.465 e. The Balaban J connectivity index is 2.93. The van der Waals surface area contributed by atoms with Crippen LogP contribution in [-0.2, 0) is 6.54 Å². The van der Waals surface area contributed by atoms with Gasteiger partial charge in [-0.1, -0.05) is 23.9 Å². The smallest absolute Gasteiger partial charge is 0.417 e. The molecule has 0 aliphatic heterocycles. The van der Waals surface area contributed by atoms with Crippen molar-refractivity contribution in [3.63, 3.8) is 0 Å². The molecule has 0 heterocycles. The zero-order valence-corrected chi connectivity index (χ0v) is 10.9. The Hall–Kier alpha value is -2.22. The Labute approximate surface area is 113 Å². The lowest BCUT2D eigenvalue weighted by Crippen LogP contribution is -2.33. The fraction of sp³-hybridized carbons (Fsp3) is 0.182. The molecule has 0 saturated heterocycles. The first-order chi connectivity index (χ1) is 8.93. The quantitative estimate of drug-likeness (QED) is 0.578. The number of rotatable bonds is 3. The normalized spacial score (nSPS) is 11.1. The number of benzene rings is 1. The predicted molar refractivity (Wildman–Crippen MR) is 72.8 cm³/mol. The molecule has 102 valence electrons.